The lowest BCUT2D eigenvalue weighted by Gasteiger charge is -2.31. The van der Waals surface area contributed by atoms with Gasteiger partial charge in [-0.1, -0.05) is 42.0 Å². The van der Waals surface area contributed by atoms with Crippen molar-refractivity contribution in [1.29, 1.82) is 5.26 Å². The molecule has 1 atom stereocenters. The molecule has 0 aliphatic carbocycles. The van der Waals surface area contributed by atoms with E-state index in [0.717, 1.165) is 18.7 Å². The van der Waals surface area contributed by atoms with Crippen LogP contribution in [0.3, 0.4) is 0 Å². The highest BCUT2D eigenvalue weighted by molar-refractivity contribution is 5.78. The van der Waals surface area contributed by atoms with Crippen LogP contribution in [0.1, 0.15) is 22.7 Å². The first kappa shape index (κ1) is 19.9. The summed E-state index contributed by atoms with van der Waals surface area (Å²) >= 11 is 0. The fourth-order valence-electron chi connectivity index (χ4n) is 3.14. The number of rotatable bonds is 7. The Labute approximate surface area is 165 Å². The maximum absolute atomic E-state index is 12.5. The van der Waals surface area contributed by atoms with Crippen molar-refractivity contribution in [3.63, 3.8) is 0 Å². The molecule has 0 unspecified atom stereocenters. The minimum atomic E-state index is -0.216. The second-order valence-corrected chi connectivity index (χ2v) is 6.84. The number of benzene rings is 2. The Bertz CT molecular complexity index is 824. The molecule has 28 heavy (non-hydrogen) atoms. The Hall–Kier alpha value is -2.88. The van der Waals surface area contributed by atoms with Gasteiger partial charge in [0.05, 0.1) is 24.8 Å². The maximum Gasteiger partial charge on any atom is 0.258 e. The minimum Gasteiger partial charge on any atom is -0.482 e. The van der Waals surface area contributed by atoms with E-state index in [-0.39, 0.29) is 18.6 Å². The maximum atomic E-state index is 12.5. The average Bonchev–Trinajstić information content (AvgIpc) is 2.73. The molecule has 1 saturated heterocycles. The lowest BCUT2D eigenvalue weighted by Crippen LogP contribution is -2.44. The summed E-state index contributed by atoms with van der Waals surface area (Å²) in [5, 5.41) is 12.2. The van der Waals surface area contributed by atoms with Crippen LogP contribution < -0.4 is 10.1 Å². The highest BCUT2D eigenvalue weighted by Crippen LogP contribution is 2.18. The molecule has 0 radical (unpaired) electrons. The summed E-state index contributed by atoms with van der Waals surface area (Å²) in [7, 11) is 0. The monoisotopic (exact) mass is 379 g/mol. The van der Waals surface area contributed by atoms with Crippen LogP contribution in [0, 0.1) is 18.3 Å². The van der Waals surface area contributed by atoms with E-state index in [4.69, 9.17) is 14.7 Å². The van der Waals surface area contributed by atoms with Crippen LogP contribution in [0.15, 0.2) is 48.5 Å². The van der Waals surface area contributed by atoms with Crippen molar-refractivity contribution in [2.75, 3.05) is 39.5 Å². The van der Waals surface area contributed by atoms with Gasteiger partial charge in [-0.05, 0) is 24.6 Å². The first-order valence-corrected chi connectivity index (χ1v) is 9.43. The van der Waals surface area contributed by atoms with Gasteiger partial charge >= 0.3 is 0 Å². The molecule has 6 nitrogen and oxygen atoms in total. The second-order valence-electron chi connectivity index (χ2n) is 6.84. The number of nitriles is 1. The molecule has 0 spiro atoms. The molecule has 6 heteroatoms. The number of para-hydroxylation sites is 1. The van der Waals surface area contributed by atoms with Gasteiger partial charge in [0, 0.05) is 19.6 Å². The molecule has 1 fully saturated rings. The molecule has 0 saturated carbocycles. The summed E-state index contributed by atoms with van der Waals surface area (Å²) in [5.74, 6) is 0.201. The van der Waals surface area contributed by atoms with Crippen LogP contribution in [-0.2, 0) is 9.53 Å². The Morgan fingerprint density at radius 1 is 1.21 bits per heavy atom. The molecule has 146 valence electrons. The van der Waals surface area contributed by atoms with Crippen molar-refractivity contribution >= 4 is 5.91 Å². The third-order valence-corrected chi connectivity index (χ3v) is 4.73. The van der Waals surface area contributed by atoms with Gasteiger partial charge in [0.15, 0.2) is 6.61 Å². The largest absolute Gasteiger partial charge is 0.482 e. The smallest absolute Gasteiger partial charge is 0.258 e. The standard InChI is InChI=1S/C22H25N3O3/c1-17-6-8-18(9-7-17)20(15-25-10-12-27-13-11-25)24-22(26)16-28-21-5-3-2-4-19(21)14-23/h2-9,20H,10-13,15-16H2,1H3,(H,24,26)/t20-/m0/s1. The molecule has 1 aliphatic rings. The Morgan fingerprint density at radius 2 is 1.93 bits per heavy atom. The molecule has 2 aromatic rings. The van der Waals surface area contributed by atoms with Gasteiger partial charge in [-0.2, -0.15) is 5.26 Å². The summed E-state index contributed by atoms with van der Waals surface area (Å²) in [6.45, 7) is 5.75. The van der Waals surface area contributed by atoms with E-state index in [0.29, 0.717) is 31.1 Å². The van der Waals surface area contributed by atoms with Crippen molar-refractivity contribution in [2.24, 2.45) is 0 Å². The molecule has 3 rings (SSSR count). The fourth-order valence-corrected chi connectivity index (χ4v) is 3.14. The number of nitrogens with one attached hydrogen (secondary N) is 1. The van der Waals surface area contributed by atoms with Crippen LogP contribution in [-0.4, -0.2) is 50.3 Å². The highest BCUT2D eigenvalue weighted by Gasteiger charge is 2.20. The minimum absolute atomic E-state index is 0.135. The number of hydrogen-bond acceptors (Lipinski definition) is 5. The molecular formula is C22H25N3O3. The summed E-state index contributed by atoms with van der Waals surface area (Å²) in [4.78, 5) is 14.8. The molecule has 0 bridgehead atoms. The number of nitrogens with zero attached hydrogens (tertiary/aromatic N) is 2. The number of ether oxygens (including phenoxy) is 2. The van der Waals surface area contributed by atoms with Gasteiger partial charge in [0.2, 0.25) is 0 Å². The number of morpholine rings is 1. The summed E-state index contributed by atoms with van der Waals surface area (Å²) in [5.41, 5.74) is 2.65. The van der Waals surface area contributed by atoms with Crippen LogP contribution >= 0.6 is 0 Å². The van der Waals surface area contributed by atoms with Crippen LogP contribution in [0.4, 0.5) is 0 Å². The number of aryl methyl sites for hydroxylation is 1. The van der Waals surface area contributed by atoms with Gasteiger partial charge in [0.25, 0.3) is 5.91 Å². The predicted octanol–water partition coefficient (Wildman–Crippen LogP) is 2.44. The zero-order chi connectivity index (χ0) is 19.8. The highest BCUT2D eigenvalue weighted by atomic mass is 16.5. The van der Waals surface area contributed by atoms with Crippen molar-refractivity contribution in [1.82, 2.24) is 10.2 Å². The topological polar surface area (TPSA) is 74.6 Å². The van der Waals surface area contributed by atoms with E-state index in [1.807, 2.05) is 31.2 Å². The third-order valence-electron chi connectivity index (χ3n) is 4.73. The van der Waals surface area contributed by atoms with E-state index < -0.39 is 0 Å². The predicted molar refractivity (Wildman–Crippen MR) is 106 cm³/mol. The molecule has 1 amide bonds. The van der Waals surface area contributed by atoms with Crippen molar-refractivity contribution in [2.45, 2.75) is 13.0 Å². The van der Waals surface area contributed by atoms with E-state index in [1.165, 1.54) is 5.56 Å². The number of carbonyl (C=O) groups is 1. The second kappa shape index (κ2) is 9.88. The molecule has 1 N–H and O–H groups in total. The Balaban J connectivity index is 1.64. The van der Waals surface area contributed by atoms with E-state index >= 15 is 0 Å². The Morgan fingerprint density at radius 3 is 2.64 bits per heavy atom. The van der Waals surface area contributed by atoms with Crippen LogP contribution in [0.5, 0.6) is 5.75 Å². The summed E-state index contributed by atoms with van der Waals surface area (Å²) in [6.07, 6.45) is 0. The van der Waals surface area contributed by atoms with E-state index in [1.54, 1.807) is 24.3 Å². The van der Waals surface area contributed by atoms with Crippen molar-refractivity contribution in [3.8, 4) is 11.8 Å². The summed E-state index contributed by atoms with van der Waals surface area (Å²) in [6, 6.07) is 17.0. The number of carbonyl (C=O) groups excluding carboxylic acids is 1. The van der Waals surface area contributed by atoms with Gasteiger partial charge in [0.1, 0.15) is 11.8 Å². The van der Waals surface area contributed by atoms with E-state index in [2.05, 4.69) is 16.3 Å². The van der Waals surface area contributed by atoms with Gasteiger partial charge < -0.3 is 14.8 Å². The van der Waals surface area contributed by atoms with Crippen LogP contribution in [0.2, 0.25) is 0 Å². The SMILES string of the molecule is Cc1ccc([C@H](CN2CCOCC2)NC(=O)COc2ccccc2C#N)cc1. The molecule has 1 heterocycles. The van der Waals surface area contributed by atoms with Gasteiger partial charge in [-0.3, -0.25) is 9.69 Å². The van der Waals surface area contributed by atoms with Crippen LogP contribution in [0.25, 0.3) is 0 Å². The lowest BCUT2D eigenvalue weighted by atomic mass is 10.0. The van der Waals surface area contributed by atoms with Gasteiger partial charge in [-0.25, -0.2) is 0 Å². The third kappa shape index (κ3) is 5.56. The fraction of sp³-hybridized carbons (Fsp3) is 0.364. The normalized spacial score (nSPS) is 15.4. The Kier molecular flexibility index (Phi) is 7.01. The zero-order valence-corrected chi connectivity index (χ0v) is 16.1. The van der Waals surface area contributed by atoms with E-state index in [9.17, 15) is 4.79 Å². The summed E-state index contributed by atoms with van der Waals surface area (Å²) < 4.78 is 11.0. The first-order chi connectivity index (χ1) is 13.7. The number of amides is 1. The van der Waals surface area contributed by atoms with Crippen molar-refractivity contribution < 1.29 is 14.3 Å². The average molecular weight is 379 g/mol. The molecular weight excluding hydrogens is 354 g/mol. The molecule has 2 aromatic carbocycles. The number of hydrogen-bond donors (Lipinski definition) is 1. The molecule has 1 aliphatic heterocycles. The molecule has 0 aromatic heterocycles. The zero-order valence-electron chi connectivity index (χ0n) is 16.1. The lowest BCUT2D eigenvalue weighted by molar-refractivity contribution is -0.124. The van der Waals surface area contributed by atoms with Gasteiger partial charge in [-0.15, -0.1) is 0 Å². The quantitative estimate of drug-likeness (QED) is 0.800. The first-order valence-electron chi connectivity index (χ1n) is 9.43. The van der Waals surface area contributed by atoms with Crippen molar-refractivity contribution in [3.05, 3.63) is 65.2 Å².